The third-order valence-electron chi connectivity index (χ3n) is 4.75. The van der Waals surface area contributed by atoms with Crippen LogP contribution in [0.3, 0.4) is 0 Å². The van der Waals surface area contributed by atoms with Gasteiger partial charge in [-0.2, -0.15) is 0 Å². The third-order valence-corrected chi connectivity index (χ3v) is 4.75. The number of allylic oxidation sites excluding steroid dienone is 1. The van der Waals surface area contributed by atoms with Gasteiger partial charge < -0.3 is 9.84 Å². The molecule has 0 spiro atoms. The smallest absolute Gasteiger partial charge is 0.119 e. The fraction of sp³-hybridized carbons (Fsp3) is 0.647. The Kier molecular flexibility index (Phi) is 3.53. The molecule has 2 aliphatic rings. The van der Waals surface area contributed by atoms with Crippen LogP contribution in [0.2, 0.25) is 0 Å². The lowest BCUT2D eigenvalue weighted by Crippen LogP contribution is -2.57. The summed E-state index contributed by atoms with van der Waals surface area (Å²) in [6.45, 7) is 16.4. The maximum absolute atomic E-state index is 10.6. The Bertz CT molecular complexity index is 435. The van der Waals surface area contributed by atoms with E-state index in [1.54, 1.807) is 0 Å². The molecule has 0 aromatic rings. The van der Waals surface area contributed by atoms with Gasteiger partial charge in [-0.25, -0.2) is 0 Å². The fourth-order valence-electron chi connectivity index (χ4n) is 3.42. The fourth-order valence-corrected chi connectivity index (χ4v) is 3.42. The highest BCUT2D eigenvalue weighted by Crippen LogP contribution is 2.52. The topological polar surface area (TPSA) is 29.5 Å². The van der Waals surface area contributed by atoms with Crippen LogP contribution in [-0.4, -0.2) is 22.4 Å². The van der Waals surface area contributed by atoms with E-state index in [1.165, 1.54) is 0 Å². The quantitative estimate of drug-likeness (QED) is 0.784. The average Bonchev–Trinajstić information content (AvgIpc) is 2.64. The van der Waals surface area contributed by atoms with E-state index in [2.05, 4.69) is 40.0 Å². The highest BCUT2D eigenvalue weighted by molar-refractivity contribution is 5.36. The summed E-state index contributed by atoms with van der Waals surface area (Å²) in [5.74, 6) is 0.379. The molecule has 1 fully saturated rings. The van der Waals surface area contributed by atoms with Crippen LogP contribution in [0.4, 0.5) is 0 Å². The summed E-state index contributed by atoms with van der Waals surface area (Å²) in [6, 6.07) is 0. The van der Waals surface area contributed by atoms with Crippen LogP contribution in [0.15, 0.2) is 36.5 Å². The Morgan fingerprint density at radius 3 is 2.63 bits per heavy atom. The second-order valence-corrected chi connectivity index (χ2v) is 6.65. The predicted molar refractivity (Wildman–Crippen MR) is 78.9 cm³/mol. The Hall–Kier alpha value is -0.860. The minimum Gasteiger partial charge on any atom is -0.385 e. The highest BCUT2D eigenvalue weighted by atomic mass is 16.5. The Balaban J connectivity index is 2.30. The summed E-state index contributed by atoms with van der Waals surface area (Å²) in [5.41, 5.74) is 1.14. The van der Waals surface area contributed by atoms with Crippen molar-refractivity contribution in [3.05, 3.63) is 36.5 Å². The van der Waals surface area contributed by atoms with Crippen LogP contribution in [-0.2, 0) is 4.74 Å². The van der Waals surface area contributed by atoms with Crippen LogP contribution in [0.1, 0.15) is 40.5 Å². The number of hydrogen-bond donors (Lipinski definition) is 1. The largest absolute Gasteiger partial charge is 0.385 e. The molecule has 0 amide bonds. The minimum atomic E-state index is -0.616. The number of rotatable bonds is 4. The molecular formula is C17H26O2. The van der Waals surface area contributed by atoms with Gasteiger partial charge in [0.05, 0.1) is 5.60 Å². The van der Waals surface area contributed by atoms with Gasteiger partial charge in [-0.05, 0) is 38.2 Å². The molecule has 2 rings (SSSR count). The standard InChI is InChI=1S/C17H26O2/c1-11(2)7-8-14-13(5)15(18)17(12(3)4)10-9-16(14,6)19-17/h9-10,12,14-15,18H,1,5,7-8H2,2-4,6H3/t14-,15-,16-,17-/m1/s1. The van der Waals surface area contributed by atoms with Crippen LogP contribution < -0.4 is 0 Å². The average molecular weight is 262 g/mol. The summed E-state index contributed by atoms with van der Waals surface area (Å²) in [7, 11) is 0. The summed E-state index contributed by atoms with van der Waals surface area (Å²) >= 11 is 0. The van der Waals surface area contributed by atoms with Gasteiger partial charge in [0.15, 0.2) is 0 Å². The lowest BCUT2D eigenvalue weighted by atomic mass is 9.72. The predicted octanol–water partition coefficient (Wildman–Crippen LogP) is 3.63. The molecular weight excluding hydrogens is 236 g/mol. The van der Waals surface area contributed by atoms with Gasteiger partial charge in [0, 0.05) is 5.92 Å². The molecule has 106 valence electrons. The van der Waals surface area contributed by atoms with Crippen LogP contribution >= 0.6 is 0 Å². The van der Waals surface area contributed by atoms with Gasteiger partial charge in [-0.15, -0.1) is 6.58 Å². The monoisotopic (exact) mass is 262 g/mol. The Morgan fingerprint density at radius 1 is 1.47 bits per heavy atom. The Morgan fingerprint density at radius 2 is 2.11 bits per heavy atom. The van der Waals surface area contributed by atoms with E-state index < -0.39 is 11.7 Å². The molecule has 4 atom stereocenters. The maximum Gasteiger partial charge on any atom is 0.119 e. The molecule has 0 unspecified atom stereocenters. The molecule has 2 aliphatic heterocycles. The zero-order chi connectivity index (χ0) is 14.4. The van der Waals surface area contributed by atoms with E-state index in [9.17, 15) is 5.11 Å². The van der Waals surface area contributed by atoms with Gasteiger partial charge in [0.1, 0.15) is 11.7 Å². The van der Waals surface area contributed by atoms with Crippen LogP contribution in [0.5, 0.6) is 0 Å². The number of hydrogen-bond acceptors (Lipinski definition) is 2. The molecule has 2 heteroatoms. The summed E-state index contributed by atoms with van der Waals surface area (Å²) < 4.78 is 6.31. The van der Waals surface area contributed by atoms with Crippen molar-refractivity contribution in [2.24, 2.45) is 11.8 Å². The van der Waals surface area contributed by atoms with Gasteiger partial charge in [-0.1, -0.05) is 38.2 Å². The van der Waals surface area contributed by atoms with E-state index in [0.29, 0.717) is 0 Å². The number of fused-ring (bicyclic) bond motifs is 2. The molecule has 0 aromatic carbocycles. The first-order valence-corrected chi connectivity index (χ1v) is 7.14. The summed E-state index contributed by atoms with van der Waals surface area (Å²) in [4.78, 5) is 0. The lowest BCUT2D eigenvalue weighted by molar-refractivity contribution is -0.190. The molecule has 1 saturated heterocycles. The molecule has 2 nitrogen and oxygen atoms in total. The van der Waals surface area contributed by atoms with Gasteiger partial charge >= 0.3 is 0 Å². The molecule has 0 radical (unpaired) electrons. The Labute approximate surface area is 116 Å². The van der Waals surface area contributed by atoms with Crippen molar-refractivity contribution in [3.8, 4) is 0 Å². The number of ether oxygens (including phenoxy) is 1. The zero-order valence-corrected chi connectivity index (χ0v) is 12.6. The number of aliphatic hydroxyl groups is 1. The molecule has 2 heterocycles. The minimum absolute atomic E-state index is 0.157. The third kappa shape index (κ3) is 2.11. The molecule has 19 heavy (non-hydrogen) atoms. The molecule has 0 saturated carbocycles. The summed E-state index contributed by atoms with van der Waals surface area (Å²) in [5, 5.41) is 10.6. The van der Waals surface area contributed by atoms with Crippen molar-refractivity contribution in [1.29, 1.82) is 0 Å². The first kappa shape index (κ1) is 14.5. The molecule has 0 aliphatic carbocycles. The van der Waals surface area contributed by atoms with E-state index in [0.717, 1.165) is 24.0 Å². The highest BCUT2D eigenvalue weighted by Gasteiger charge is 2.58. The van der Waals surface area contributed by atoms with E-state index in [-0.39, 0.29) is 17.4 Å². The molecule has 0 aromatic heterocycles. The van der Waals surface area contributed by atoms with E-state index >= 15 is 0 Å². The summed E-state index contributed by atoms with van der Waals surface area (Å²) in [6.07, 6.45) is 5.43. The second-order valence-electron chi connectivity index (χ2n) is 6.65. The van der Waals surface area contributed by atoms with E-state index in [1.807, 2.05) is 13.0 Å². The SMILES string of the molecule is C=C(C)CC[C@@H]1C(=C)[C@@H](O)[C@]2(C(C)C)C=C[C@@]1(C)O2. The van der Waals surface area contributed by atoms with Crippen LogP contribution in [0, 0.1) is 11.8 Å². The zero-order valence-electron chi connectivity index (χ0n) is 12.6. The first-order valence-electron chi connectivity index (χ1n) is 7.14. The molecule has 1 N–H and O–H groups in total. The second kappa shape index (κ2) is 4.60. The van der Waals surface area contributed by atoms with Gasteiger partial charge in [-0.3, -0.25) is 0 Å². The first-order chi connectivity index (χ1) is 8.73. The van der Waals surface area contributed by atoms with Crippen LogP contribution in [0.25, 0.3) is 0 Å². The lowest BCUT2D eigenvalue weighted by Gasteiger charge is -2.50. The van der Waals surface area contributed by atoms with Crippen molar-refractivity contribution in [2.45, 2.75) is 57.8 Å². The normalized spacial score (nSPS) is 41.1. The van der Waals surface area contributed by atoms with Crippen molar-refractivity contribution >= 4 is 0 Å². The van der Waals surface area contributed by atoms with E-state index in [4.69, 9.17) is 4.74 Å². The van der Waals surface area contributed by atoms with Crippen molar-refractivity contribution in [2.75, 3.05) is 0 Å². The van der Waals surface area contributed by atoms with Crippen molar-refractivity contribution < 1.29 is 9.84 Å². The molecule has 2 bridgehead atoms. The van der Waals surface area contributed by atoms with Gasteiger partial charge in [0.2, 0.25) is 0 Å². The van der Waals surface area contributed by atoms with Gasteiger partial charge in [0.25, 0.3) is 0 Å². The van der Waals surface area contributed by atoms with Crippen molar-refractivity contribution in [3.63, 3.8) is 0 Å². The maximum atomic E-state index is 10.6. The van der Waals surface area contributed by atoms with Crippen molar-refractivity contribution in [1.82, 2.24) is 0 Å². The number of aliphatic hydroxyl groups excluding tert-OH is 1.